The first kappa shape index (κ1) is 12.3. The minimum atomic E-state index is -1.97. The van der Waals surface area contributed by atoms with Crippen LogP contribution in [0.5, 0.6) is 0 Å². The summed E-state index contributed by atoms with van der Waals surface area (Å²) in [5.41, 5.74) is -1.97. The lowest BCUT2D eigenvalue weighted by Crippen LogP contribution is -2.47. The molecule has 0 aromatic heterocycles. The molecule has 1 aliphatic rings. The van der Waals surface area contributed by atoms with Crippen LogP contribution in [0.3, 0.4) is 0 Å². The van der Waals surface area contributed by atoms with Gasteiger partial charge in [-0.05, 0) is 6.92 Å². The SMILES string of the molecule is C[C@@]1(C(=O)O)O[C@H](C(O)CO)[C@H](O)[C@@H]1O. The Hall–Kier alpha value is -0.730. The lowest BCUT2D eigenvalue weighted by Gasteiger charge is -2.22. The van der Waals surface area contributed by atoms with Gasteiger partial charge in [-0.3, -0.25) is 0 Å². The quantitative estimate of drug-likeness (QED) is 0.351. The van der Waals surface area contributed by atoms with E-state index < -0.39 is 42.6 Å². The maximum absolute atomic E-state index is 10.8. The molecule has 5 N–H and O–H groups in total. The third-order valence-electron chi connectivity index (χ3n) is 2.60. The molecule has 1 fully saturated rings. The molecule has 0 amide bonds. The van der Waals surface area contributed by atoms with Crippen molar-refractivity contribution in [2.45, 2.75) is 36.9 Å². The van der Waals surface area contributed by atoms with Crippen LogP contribution in [0.25, 0.3) is 0 Å². The van der Waals surface area contributed by atoms with Crippen LogP contribution in [0.4, 0.5) is 0 Å². The number of hydrogen-bond donors (Lipinski definition) is 5. The van der Waals surface area contributed by atoms with Crippen molar-refractivity contribution in [1.82, 2.24) is 0 Å². The number of hydrogen-bond acceptors (Lipinski definition) is 6. The number of carboxylic acid groups (broad SMARTS) is 1. The Labute approximate surface area is 85.5 Å². The second-order valence-corrected chi connectivity index (χ2v) is 3.68. The molecule has 1 aliphatic heterocycles. The number of aliphatic hydroxyl groups is 4. The third-order valence-corrected chi connectivity index (χ3v) is 2.60. The molecule has 7 nitrogen and oxygen atoms in total. The number of rotatable bonds is 3. The van der Waals surface area contributed by atoms with Gasteiger partial charge in [0.25, 0.3) is 0 Å². The molecule has 0 bridgehead atoms. The summed E-state index contributed by atoms with van der Waals surface area (Å²) in [6, 6.07) is 0. The van der Waals surface area contributed by atoms with Gasteiger partial charge in [0.2, 0.25) is 0 Å². The average Bonchev–Trinajstić information content (AvgIpc) is 2.43. The Morgan fingerprint density at radius 3 is 2.40 bits per heavy atom. The Balaban J connectivity index is 2.89. The zero-order valence-electron chi connectivity index (χ0n) is 8.07. The van der Waals surface area contributed by atoms with Gasteiger partial charge in [-0.1, -0.05) is 0 Å². The summed E-state index contributed by atoms with van der Waals surface area (Å²) in [5.74, 6) is -1.44. The van der Waals surface area contributed by atoms with Crippen molar-refractivity contribution in [2.75, 3.05) is 6.61 Å². The fraction of sp³-hybridized carbons (Fsp3) is 0.875. The fourth-order valence-electron chi connectivity index (χ4n) is 1.51. The summed E-state index contributed by atoms with van der Waals surface area (Å²) in [7, 11) is 0. The lowest BCUT2D eigenvalue weighted by atomic mass is 9.96. The van der Waals surface area contributed by atoms with E-state index in [9.17, 15) is 20.1 Å². The van der Waals surface area contributed by atoms with E-state index in [1.807, 2.05) is 0 Å². The molecule has 5 atom stereocenters. The van der Waals surface area contributed by atoms with Crippen molar-refractivity contribution in [3.8, 4) is 0 Å². The van der Waals surface area contributed by atoms with Crippen molar-refractivity contribution < 1.29 is 35.1 Å². The molecular weight excluding hydrogens is 208 g/mol. The molecule has 0 radical (unpaired) electrons. The van der Waals surface area contributed by atoms with Crippen molar-refractivity contribution in [1.29, 1.82) is 0 Å². The molecule has 1 unspecified atom stereocenters. The largest absolute Gasteiger partial charge is 0.479 e. The normalized spacial score (nSPS) is 42.9. The molecule has 0 aliphatic carbocycles. The van der Waals surface area contributed by atoms with Gasteiger partial charge >= 0.3 is 5.97 Å². The van der Waals surface area contributed by atoms with Crippen LogP contribution in [0.2, 0.25) is 0 Å². The molecular formula is C8H14O7. The summed E-state index contributed by atoms with van der Waals surface area (Å²) in [6.07, 6.45) is -5.95. The van der Waals surface area contributed by atoms with Gasteiger partial charge < -0.3 is 30.3 Å². The van der Waals surface area contributed by atoms with E-state index >= 15 is 0 Å². The second-order valence-electron chi connectivity index (χ2n) is 3.68. The van der Waals surface area contributed by atoms with E-state index in [4.69, 9.17) is 14.9 Å². The smallest absolute Gasteiger partial charge is 0.338 e. The number of aliphatic carboxylic acids is 1. The van der Waals surface area contributed by atoms with E-state index in [1.165, 1.54) is 0 Å². The van der Waals surface area contributed by atoms with Gasteiger partial charge in [0.1, 0.15) is 24.4 Å². The molecule has 0 aromatic rings. The lowest BCUT2D eigenvalue weighted by molar-refractivity contribution is -0.174. The van der Waals surface area contributed by atoms with Gasteiger partial charge in [0, 0.05) is 0 Å². The molecule has 0 saturated carbocycles. The molecule has 15 heavy (non-hydrogen) atoms. The van der Waals surface area contributed by atoms with Crippen LogP contribution >= 0.6 is 0 Å². The number of aliphatic hydroxyl groups excluding tert-OH is 4. The molecule has 88 valence electrons. The number of carboxylic acids is 1. The highest BCUT2D eigenvalue weighted by atomic mass is 16.6. The monoisotopic (exact) mass is 222 g/mol. The van der Waals surface area contributed by atoms with E-state index in [2.05, 4.69) is 0 Å². The highest BCUT2D eigenvalue weighted by molar-refractivity contribution is 5.78. The first-order valence-corrected chi connectivity index (χ1v) is 4.41. The molecule has 7 heteroatoms. The van der Waals surface area contributed by atoms with Crippen molar-refractivity contribution in [3.63, 3.8) is 0 Å². The Bertz CT molecular complexity index is 255. The van der Waals surface area contributed by atoms with Crippen LogP contribution in [0.1, 0.15) is 6.92 Å². The summed E-state index contributed by atoms with van der Waals surface area (Å²) in [6.45, 7) is 0.400. The number of ether oxygens (including phenoxy) is 1. The van der Waals surface area contributed by atoms with Gasteiger partial charge in [0.15, 0.2) is 5.60 Å². The zero-order valence-corrected chi connectivity index (χ0v) is 8.07. The summed E-state index contributed by atoms with van der Waals surface area (Å²) < 4.78 is 4.88. The fourth-order valence-corrected chi connectivity index (χ4v) is 1.51. The van der Waals surface area contributed by atoms with Crippen molar-refractivity contribution in [3.05, 3.63) is 0 Å². The van der Waals surface area contributed by atoms with Crippen LogP contribution in [-0.4, -0.2) is 68.1 Å². The van der Waals surface area contributed by atoms with Crippen molar-refractivity contribution in [2.24, 2.45) is 0 Å². The Morgan fingerprint density at radius 1 is 1.53 bits per heavy atom. The third kappa shape index (κ3) is 1.84. The summed E-state index contributed by atoms with van der Waals surface area (Å²) >= 11 is 0. The Kier molecular flexibility index (Phi) is 3.31. The maximum Gasteiger partial charge on any atom is 0.338 e. The van der Waals surface area contributed by atoms with Gasteiger partial charge in [-0.25, -0.2) is 4.79 Å². The maximum atomic E-state index is 10.8. The van der Waals surface area contributed by atoms with E-state index in [0.29, 0.717) is 0 Å². The first-order chi connectivity index (χ1) is 6.84. The minimum Gasteiger partial charge on any atom is -0.479 e. The molecule has 0 aromatic carbocycles. The van der Waals surface area contributed by atoms with E-state index in [1.54, 1.807) is 0 Å². The van der Waals surface area contributed by atoms with Crippen LogP contribution in [0, 0.1) is 0 Å². The van der Waals surface area contributed by atoms with Gasteiger partial charge in [-0.2, -0.15) is 0 Å². The summed E-state index contributed by atoms with van der Waals surface area (Å²) in [5, 5.41) is 45.5. The molecule has 0 spiro atoms. The topological polar surface area (TPSA) is 127 Å². The van der Waals surface area contributed by atoms with Gasteiger partial charge in [-0.15, -0.1) is 0 Å². The van der Waals surface area contributed by atoms with Crippen molar-refractivity contribution >= 4 is 5.97 Å². The predicted octanol–water partition coefficient (Wildman–Crippen LogP) is -2.70. The zero-order chi connectivity index (χ0) is 11.8. The highest BCUT2D eigenvalue weighted by Gasteiger charge is 2.57. The Morgan fingerprint density at radius 2 is 2.07 bits per heavy atom. The summed E-state index contributed by atoms with van der Waals surface area (Å²) in [4.78, 5) is 10.8. The minimum absolute atomic E-state index is 0.690. The van der Waals surface area contributed by atoms with E-state index in [0.717, 1.165) is 6.92 Å². The van der Waals surface area contributed by atoms with Crippen LogP contribution in [-0.2, 0) is 9.53 Å². The predicted molar refractivity (Wildman–Crippen MR) is 46.0 cm³/mol. The number of carbonyl (C=O) groups is 1. The standard InChI is InChI=1S/C8H14O7/c1-8(7(13)14)6(12)4(11)5(15-8)3(10)2-9/h3-6,9-12H,2H2,1H3,(H,13,14)/t3?,4-,5+,6-,8+/m0/s1. The highest BCUT2D eigenvalue weighted by Crippen LogP contribution is 2.32. The molecule has 1 saturated heterocycles. The molecule has 1 rings (SSSR count). The van der Waals surface area contributed by atoms with Crippen LogP contribution < -0.4 is 0 Å². The second kappa shape index (κ2) is 4.03. The first-order valence-electron chi connectivity index (χ1n) is 4.41. The molecule has 1 heterocycles. The van der Waals surface area contributed by atoms with Crippen LogP contribution in [0.15, 0.2) is 0 Å². The average molecular weight is 222 g/mol. The van der Waals surface area contributed by atoms with E-state index in [-0.39, 0.29) is 0 Å². The van der Waals surface area contributed by atoms with Gasteiger partial charge in [0.05, 0.1) is 6.61 Å².